The molecule has 0 aromatic rings. The van der Waals surface area contributed by atoms with Crippen molar-refractivity contribution in [1.82, 2.24) is 10.2 Å². The Kier molecular flexibility index (Phi) is 3.87. The predicted octanol–water partition coefficient (Wildman–Crippen LogP) is -0.623. The lowest BCUT2D eigenvalue weighted by molar-refractivity contribution is -0.156. The van der Waals surface area contributed by atoms with Gasteiger partial charge in [-0.05, 0) is 20.3 Å². The summed E-state index contributed by atoms with van der Waals surface area (Å²) >= 11 is 0. The molecule has 1 aliphatic rings. The third-order valence-electron chi connectivity index (χ3n) is 2.97. The molecule has 0 saturated carbocycles. The van der Waals surface area contributed by atoms with E-state index >= 15 is 0 Å². The van der Waals surface area contributed by atoms with E-state index in [4.69, 9.17) is 5.73 Å². The molecule has 0 aliphatic carbocycles. The van der Waals surface area contributed by atoms with Crippen molar-refractivity contribution in [3.05, 3.63) is 0 Å². The molecule has 0 spiro atoms. The Morgan fingerprint density at radius 3 is 2.65 bits per heavy atom. The van der Waals surface area contributed by atoms with Gasteiger partial charge < -0.3 is 10.6 Å². The SMILES string of the molecule is CCCC(N)C(=O)N1CC(=O)NC(=O)C1(C)C. The fourth-order valence-corrected chi connectivity index (χ4v) is 1.77. The van der Waals surface area contributed by atoms with Crippen molar-refractivity contribution in [3.63, 3.8) is 0 Å². The van der Waals surface area contributed by atoms with Crippen LogP contribution in [0.3, 0.4) is 0 Å². The number of nitrogens with one attached hydrogen (secondary N) is 1. The number of imide groups is 1. The lowest BCUT2D eigenvalue weighted by Crippen LogP contribution is -2.67. The highest BCUT2D eigenvalue weighted by Crippen LogP contribution is 2.19. The van der Waals surface area contributed by atoms with Crippen LogP contribution in [0.15, 0.2) is 0 Å². The topological polar surface area (TPSA) is 92.5 Å². The summed E-state index contributed by atoms with van der Waals surface area (Å²) in [4.78, 5) is 36.3. The molecule has 1 atom stereocenters. The first kappa shape index (κ1) is 13.6. The number of piperazine rings is 1. The molecule has 1 unspecified atom stereocenters. The number of nitrogens with zero attached hydrogens (tertiary/aromatic N) is 1. The summed E-state index contributed by atoms with van der Waals surface area (Å²) in [6.07, 6.45) is 1.32. The van der Waals surface area contributed by atoms with Crippen molar-refractivity contribution < 1.29 is 14.4 Å². The molecule has 17 heavy (non-hydrogen) atoms. The predicted molar refractivity (Wildman–Crippen MR) is 61.8 cm³/mol. The van der Waals surface area contributed by atoms with Gasteiger partial charge in [-0.25, -0.2) is 0 Å². The first-order valence-corrected chi connectivity index (χ1v) is 5.72. The second-order valence-electron chi connectivity index (χ2n) is 4.76. The third-order valence-corrected chi connectivity index (χ3v) is 2.97. The van der Waals surface area contributed by atoms with Gasteiger partial charge in [-0.2, -0.15) is 0 Å². The lowest BCUT2D eigenvalue weighted by Gasteiger charge is -2.41. The van der Waals surface area contributed by atoms with E-state index in [0.717, 1.165) is 6.42 Å². The Balaban J connectivity index is 2.90. The molecule has 0 bridgehead atoms. The van der Waals surface area contributed by atoms with Crippen molar-refractivity contribution in [2.45, 2.75) is 45.2 Å². The molecular weight excluding hydrogens is 222 g/mol. The zero-order chi connectivity index (χ0) is 13.2. The van der Waals surface area contributed by atoms with Crippen molar-refractivity contribution >= 4 is 17.7 Å². The van der Waals surface area contributed by atoms with Crippen molar-refractivity contribution in [2.75, 3.05) is 6.54 Å². The second-order valence-corrected chi connectivity index (χ2v) is 4.76. The van der Waals surface area contributed by atoms with Gasteiger partial charge >= 0.3 is 0 Å². The van der Waals surface area contributed by atoms with Gasteiger partial charge in [0.2, 0.25) is 11.8 Å². The van der Waals surface area contributed by atoms with Gasteiger partial charge in [0.25, 0.3) is 5.91 Å². The van der Waals surface area contributed by atoms with Gasteiger partial charge in [0.05, 0.1) is 6.04 Å². The molecule has 0 radical (unpaired) electrons. The summed E-state index contributed by atoms with van der Waals surface area (Å²) in [7, 11) is 0. The molecule has 6 heteroatoms. The fourth-order valence-electron chi connectivity index (χ4n) is 1.77. The highest BCUT2D eigenvalue weighted by atomic mass is 16.2. The van der Waals surface area contributed by atoms with Crippen LogP contribution >= 0.6 is 0 Å². The first-order chi connectivity index (χ1) is 7.80. The summed E-state index contributed by atoms with van der Waals surface area (Å²) in [6.45, 7) is 5.01. The molecule has 3 amide bonds. The van der Waals surface area contributed by atoms with Crippen LogP contribution in [-0.4, -0.2) is 40.7 Å². The molecule has 96 valence electrons. The smallest absolute Gasteiger partial charge is 0.252 e. The van der Waals surface area contributed by atoms with Crippen LogP contribution in [0.4, 0.5) is 0 Å². The number of amides is 3. The number of rotatable bonds is 3. The van der Waals surface area contributed by atoms with Crippen LogP contribution in [0.2, 0.25) is 0 Å². The van der Waals surface area contributed by atoms with E-state index < -0.39 is 23.4 Å². The number of hydrogen-bond donors (Lipinski definition) is 2. The molecule has 1 heterocycles. The normalized spacial score (nSPS) is 21.1. The van der Waals surface area contributed by atoms with Gasteiger partial charge in [-0.3, -0.25) is 19.7 Å². The first-order valence-electron chi connectivity index (χ1n) is 5.72. The average Bonchev–Trinajstić information content (AvgIpc) is 2.23. The van der Waals surface area contributed by atoms with Gasteiger partial charge in [-0.1, -0.05) is 13.3 Å². The summed E-state index contributed by atoms with van der Waals surface area (Å²) < 4.78 is 0. The van der Waals surface area contributed by atoms with E-state index in [1.807, 2.05) is 6.92 Å². The highest BCUT2D eigenvalue weighted by Gasteiger charge is 2.44. The third kappa shape index (κ3) is 2.63. The van der Waals surface area contributed by atoms with Crippen molar-refractivity contribution in [2.24, 2.45) is 5.73 Å². The maximum atomic E-state index is 12.1. The van der Waals surface area contributed by atoms with Crippen LogP contribution in [0, 0.1) is 0 Å². The van der Waals surface area contributed by atoms with Crippen LogP contribution in [0.1, 0.15) is 33.6 Å². The van der Waals surface area contributed by atoms with E-state index in [9.17, 15) is 14.4 Å². The Labute approximate surface area is 101 Å². The molecule has 1 rings (SSSR count). The Morgan fingerprint density at radius 2 is 2.12 bits per heavy atom. The summed E-state index contributed by atoms with van der Waals surface area (Å²) in [5.74, 6) is -1.28. The maximum absolute atomic E-state index is 12.1. The molecule has 0 aromatic heterocycles. The number of carbonyl (C=O) groups is 3. The van der Waals surface area contributed by atoms with E-state index in [2.05, 4.69) is 5.32 Å². The van der Waals surface area contributed by atoms with E-state index in [1.165, 1.54) is 4.90 Å². The van der Waals surface area contributed by atoms with E-state index in [-0.39, 0.29) is 12.5 Å². The fraction of sp³-hybridized carbons (Fsp3) is 0.727. The zero-order valence-electron chi connectivity index (χ0n) is 10.4. The number of nitrogens with two attached hydrogens (primary N) is 1. The van der Waals surface area contributed by atoms with Crippen LogP contribution in [-0.2, 0) is 14.4 Å². The number of hydrogen-bond acceptors (Lipinski definition) is 4. The maximum Gasteiger partial charge on any atom is 0.252 e. The van der Waals surface area contributed by atoms with Crippen LogP contribution in [0.5, 0.6) is 0 Å². The molecule has 1 saturated heterocycles. The quantitative estimate of drug-likeness (QED) is 0.644. The summed E-state index contributed by atoms with van der Waals surface area (Å²) in [5.41, 5.74) is 4.70. The van der Waals surface area contributed by atoms with Crippen molar-refractivity contribution in [3.8, 4) is 0 Å². The minimum Gasteiger partial charge on any atom is -0.320 e. The van der Waals surface area contributed by atoms with E-state index in [0.29, 0.717) is 6.42 Å². The molecule has 0 aromatic carbocycles. The van der Waals surface area contributed by atoms with E-state index in [1.54, 1.807) is 13.8 Å². The average molecular weight is 241 g/mol. The zero-order valence-corrected chi connectivity index (χ0v) is 10.4. The summed E-state index contributed by atoms with van der Waals surface area (Å²) in [5, 5.41) is 2.21. The van der Waals surface area contributed by atoms with Crippen molar-refractivity contribution in [1.29, 1.82) is 0 Å². The van der Waals surface area contributed by atoms with Gasteiger partial charge in [0, 0.05) is 0 Å². The second kappa shape index (κ2) is 4.83. The lowest BCUT2D eigenvalue weighted by atomic mass is 9.97. The van der Waals surface area contributed by atoms with Gasteiger partial charge in [0.15, 0.2) is 0 Å². The Bertz CT molecular complexity index is 352. The van der Waals surface area contributed by atoms with Gasteiger partial charge in [0.1, 0.15) is 12.1 Å². The standard InChI is InChI=1S/C11H19N3O3/c1-4-5-7(12)9(16)14-6-8(15)13-10(17)11(14,2)3/h7H,4-6,12H2,1-3H3,(H,13,15,17). The molecular formula is C11H19N3O3. The Morgan fingerprint density at radius 1 is 1.53 bits per heavy atom. The van der Waals surface area contributed by atoms with Crippen LogP contribution < -0.4 is 11.1 Å². The molecule has 6 nitrogen and oxygen atoms in total. The van der Waals surface area contributed by atoms with Gasteiger partial charge in [-0.15, -0.1) is 0 Å². The summed E-state index contributed by atoms with van der Waals surface area (Å²) in [6, 6.07) is -0.655. The minimum absolute atomic E-state index is 0.116. The van der Waals surface area contributed by atoms with Crippen LogP contribution in [0.25, 0.3) is 0 Å². The molecule has 1 fully saturated rings. The minimum atomic E-state index is -1.03. The molecule has 1 aliphatic heterocycles. The monoisotopic (exact) mass is 241 g/mol. The Hall–Kier alpha value is -1.43. The highest BCUT2D eigenvalue weighted by molar-refractivity contribution is 6.06. The molecule has 3 N–H and O–H groups in total. The number of carbonyl (C=O) groups excluding carboxylic acids is 3. The largest absolute Gasteiger partial charge is 0.320 e.